The summed E-state index contributed by atoms with van der Waals surface area (Å²) in [7, 11) is 0. The van der Waals surface area contributed by atoms with Crippen LogP contribution in [0.25, 0.3) is 0 Å². The second-order valence-electron chi connectivity index (χ2n) is 3.29. The summed E-state index contributed by atoms with van der Waals surface area (Å²) in [6.45, 7) is 6.34. The summed E-state index contributed by atoms with van der Waals surface area (Å²) in [4.78, 5) is 10.0. The minimum Gasteiger partial charge on any atom is -0.317 e. The van der Waals surface area contributed by atoms with Gasteiger partial charge >= 0.3 is 0 Å². The summed E-state index contributed by atoms with van der Waals surface area (Å²) >= 11 is 0. The molecule has 0 aliphatic carbocycles. The van der Waals surface area contributed by atoms with Gasteiger partial charge in [0.1, 0.15) is 6.29 Å². The summed E-state index contributed by atoms with van der Waals surface area (Å²) in [6, 6.07) is 0. The Kier molecular flexibility index (Phi) is 14.5. The van der Waals surface area contributed by atoms with Crippen LogP contribution in [0.1, 0.15) is 53.4 Å². The van der Waals surface area contributed by atoms with Crippen molar-refractivity contribution in [3.05, 3.63) is 0 Å². The molecule has 0 radical (unpaired) electrons. The lowest BCUT2D eigenvalue weighted by Gasteiger charge is -2.21. The molecule has 1 N–H and O–H groups in total. The van der Waals surface area contributed by atoms with Gasteiger partial charge in [-0.15, -0.1) is 0 Å². The van der Waals surface area contributed by atoms with Crippen molar-refractivity contribution in [3.63, 3.8) is 0 Å². The van der Waals surface area contributed by atoms with Crippen molar-refractivity contribution in [2.45, 2.75) is 53.4 Å². The normalized spacial score (nSPS) is 16.1. The Balaban J connectivity index is 0. The highest BCUT2D eigenvalue weighted by atomic mass is 16.1. The Hall–Kier alpha value is -0.370. The maximum absolute atomic E-state index is 10.0. The Morgan fingerprint density at radius 3 is 2.36 bits per heavy atom. The van der Waals surface area contributed by atoms with Crippen molar-refractivity contribution in [2.24, 2.45) is 5.92 Å². The highest BCUT2D eigenvalue weighted by molar-refractivity contribution is 5.48. The summed E-state index contributed by atoms with van der Waals surface area (Å²) < 4.78 is 0. The number of rotatable bonds is 4. The van der Waals surface area contributed by atoms with E-state index in [0.29, 0.717) is 0 Å². The Morgan fingerprint density at radius 2 is 1.86 bits per heavy atom. The number of carbonyl (C=O) groups excluding carboxylic acids is 1. The SMILES string of the molecule is C.CC.O=CCCCC1CCNCC1. The summed E-state index contributed by atoms with van der Waals surface area (Å²) in [6.07, 6.45) is 6.73. The van der Waals surface area contributed by atoms with Crippen LogP contribution in [0.2, 0.25) is 0 Å². The molecule has 0 spiro atoms. The van der Waals surface area contributed by atoms with E-state index in [0.717, 1.165) is 25.0 Å². The van der Waals surface area contributed by atoms with Crippen LogP contribution in [0.15, 0.2) is 0 Å². The van der Waals surface area contributed by atoms with Crippen LogP contribution in [0.4, 0.5) is 0 Å². The standard InChI is InChI=1S/C9H17NO.C2H6.CH4/c11-8-2-1-3-9-4-6-10-7-5-9;1-2;/h8-10H,1-7H2;1-2H3;1H4. The van der Waals surface area contributed by atoms with E-state index in [-0.39, 0.29) is 7.43 Å². The molecule has 2 nitrogen and oxygen atoms in total. The van der Waals surface area contributed by atoms with Crippen molar-refractivity contribution < 1.29 is 4.79 Å². The third-order valence-corrected chi connectivity index (χ3v) is 2.39. The van der Waals surface area contributed by atoms with E-state index in [2.05, 4.69) is 5.32 Å². The Bertz CT molecular complexity index is 109. The zero-order valence-corrected chi connectivity index (χ0v) is 9.01. The fourth-order valence-electron chi connectivity index (χ4n) is 1.66. The van der Waals surface area contributed by atoms with Gasteiger partial charge in [-0.05, 0) is 44.7 Å². The average molecular weight is 201 g/mol. The number of carbonyl (C=O) groups is 1. The number of hydrogen-bond donors (Lipinski definition) is 1. The quantitative estimate of drug-likeness (QED) is 0.559. The first-order valence-corrected chi connectivity index (χ1v) is 5.58. The maximum Gasteiger partial charge on any atom is 0.119 e. The van der Waals surface area contributed by atoms with Gasteiger partial charge < -0.3 is 10.1 Å². The molecule has 1 aliphatic rings. The lowest BCUT2D eigenvalue weighted by Crippen LogP contribution is -2.27. The second kappa shape index (κ2) is 12.6. The van der Waals surface area contributed by atoms with Crippen molar-refractivity contribution >= 4 is 6.29 Å². The Labute approximate surface area is 89.5 Å². The largest absolute Gasteiger partial charge is 0.317 e. The fraction of sp³-hybridized carbons (Fsp3) is 0.917. The van der Waals surface area contributed by atoms with Gasteiger partial charge in [-0.25, -0.2) is 0 Å². The molecule has 0 saturated carbocycles. The third-order valence-electron chi connectivity index (χ3n) is 2.39. The molecule has 86 valence electrons. The van der Waals surface area contributed by atoms with Crippen LogP contribution in [-0.4, -0.2) is 19.4 Å². The molecule has 0 atom stereocenters. The van der Waals surface area contributed by atoms with Crippen LogP contribution >= 0.6 is 0 Å². The van der Waals surface area contributed by atoms with Crippen LogP contribution in [-0.2, 0) is 4.79 Å². The van der Waals surface area contributed by atoms with Gasteiger partial charge in [0, 0.05) is 6.42 Å². The fourth-order valence-corrected chi connectivity index (χ4v) is 1.66. The highest BCUT2D eigenvalue weighted by Crippen LogP contribution is 2.17. The molecule has 0 amide bonds. The van der Waals surface area contributed by atoms with Gasteiger partial charge in [0.05, 0.1) is 0 Å². The van der Waals surface area contributed by atoms with Gasteiger partial charge in [0.2, 0.25) is 0 Å². The lowest BCUT2D eigenvalue weighted by molar-refractivity contribution is -0.108. The van der Waals surface area contributed by atoms with E-state index in [1.807, 2.05) is 13.8 Å². The minimum absolute atomic E-state index is 0. The molecule has 1 aliphatic heterocycles. The van der Waals surface area contributed by atoms with E-state index in [1.54, 1.807) is 0 Å². The van der Waals surface area contributed by atoms with Crippen molar-refractivity contribution in [3.8, 4) is 0 Å². The maximum atomic E-state index is 10.0. The van der Waals surface area contributed by atoms with Crippen molar-refractivity contribution in [1.82, 2.24) is 5.32 Å². The highest BCUT2D eigenvalue weighted by Gasteiger charge is 2.11. The number of hydrogen-bond acceptors (Lipinski definition) is 2. The van der Waals surface area contributed by atoms with Crippen LogP contribution in [0.5, 0.6) is 0 Å². The summed E-state index contributed by atoms with van der Waals surface area (Å²) in [5, 5.41) is 3.34. The van der Waals surface area contributed by atoms with Gasteiger partial charge in [-0.1, -0.05) is 21.3 Å². The summed E-state index contributed by atoms with van der Waals surface area (Å²) in [5.41, 5.74) is 0. The van der Waals surface area contributed by atoms with Gasteiger partial charge in [-0.2, -0.15) is 0 Å². The monoisotopic (exact) mass is 201 g/mol. The second-order valence-corrected chi connectivity index (χ2v) is 3.29. The minimum atomic E-state index is 0. The number of piperidine rings is 1. The van der Waals surface area contributed by atoms with E-state index in [1.165, 1.54) is 32.4 Å². The topological polar surface area (TPSA) is 29.1 Å². The van der Waals surface area contributed by atoms with Gasteiger partial charge in [0.15, 0.2) is 0 Å². The zero-order chi connectivity index (χ0) is 9.94. The lowest BCUT2D eigenvalue weighted by atomic mass is 9.93. The smallest absolute Gasteiger partial charge is 0.119 e. The average Bonchev–Trinajstić information content (AvgIpc) is 2.23. The molecule has 14 heavy (non-hydrogen) atoms. The van der Waals surface area contributed by atoms with Crippen LogP contribution < -0.4 is 5.32 Å². The number of nitrogens with one attached hydrogen (secondary N) is 1. The molecule has 1 fully saturated rings. The number of aldehydes is 1. The predicted molar refractivity (Wildman–Crippen MR) is 63.6 cm³/mol. The van der Waals surface area contributed by atoms with Gasteiger partial charge in [0.25, 0.3) is 0 Å². The molecule has 0 unspecified atom stereocenters. The Morgan fingerprint density at radius 1 is 1.29 bits per heavy atom. The molecular formula is C12H27NO. The van der Waals surface area contributed by atoms with E-state index < -0.39 is 0 Å². The molecule has 0 aromatic rings. The first kappa shape index (κ1) is 16.1. The molecular weight excluding hydrogens is 174 g/mol. The molecule has 0 aromatic heterocycles. The van der Waals surface area contributed by atoms with Crippen LogP contribution in [0, 0.1) is 5.92 Å². The molecule has 1 rings (SSSR count). The first-order valence-electron chi connectivity index (χ1n) is 5.58. The zero-order valence-electron chi connectivity index (χ0n) is 9.01. The van der Waals surface area contributed by atoms with Crippen LogP contribution in [0.3, 0.4) is 0 Å². The van der Waals surface area contributed by atoms with E-state index in [4.69, 9.17) is 0 Å². The third kappa shape index (κ3) is 8.24. The molecule has 1 heterocycles. The van der Waals surface area contributed by atoms with Crippen molar-refractivity contribution in [1.29, 1.82) is 0 Å². The summed E-state index contributed by atoms with van der Waals surface area (Å²) in [5.74, 6) is 0.885. The van der Waals surface area contributed by atoms with E-state index >= 15 is 0 Å². The van der Waals surface area contributed by atoms with Crippen molar-refractivity contribution in [2.75, 3.05) is 13.1 Å². The first-order chi connectivity index (χ1) is 6.43. The molecule has 0 bridgehead atoms. The molecule has 1 saturated heterocycles. The van der Waals surface area contributed by atoms with Gasteiger partial charge in [-0.3, -0.25) is 0 Å². The molecule has 0 aromatic carbocycles. The molecule has 2 heteroatoms. The predicted octanol–water partition coefficient (Wildman–Crippen LogP) is 3.02. The number of unbranched alkanes of at least 4 members (excludes halogenated alkanes) is 1. The van der Waals surface area contributed by atoms with E-state index in [9.17, 15) is 4.79 Å².